The summed E-state index contributed by atoms with van der Waals surface area (Å²) in [6.07, 6.45) is 2.49. The molecule has 4 nitrogen and oxygen atoms in total. The maximum atomic E-state index is 9.15. The molecule has 0 aliphatic rings. The number of hydrogen-bond acceptors (Lipinski definition) is 3. The third-order valence-corrected chi connectivity index (χ3v) is 3.80. The summed E-state index contributed by atoms with van der Waals surface area (Å²) in [7, 11) is 0. The van der Waals surface area contributed by atoms with Gasteiger partial charge in [0, 0.05) is 19.3 Å². The quantitative estimate of drug-likeness (QED) is 0.799. The van der Waals surface area contributed by atoms with Crippen LogP contribution in [-0.2, 0) is 6.54 Å². The van der Waals surface area contributed by atoms with Gasteiger partial charge < -0.3 is 9.67 Å². The SMILES string of the molecule is Cc1cc2nc(-c3ccccn3)n(CCCO)c2cc1C. The fourth-order valence-corrected chi connectivity index (χ4v) is 2.53. The number of aliphatic hydroxyl groups excluding tert-OH is 1. The van der Waals surface area contributed by atoms with Gasteiger partial charge in [-0.1, -0.05) is 6.07 Å². The first-order chi connectivity index (χ1) is 10.2. The van der Waals surface area contributed by atoms with E-state index in [1.54, 1.807) is 6.20 Å². The summed E-state index contributed by atoms with van der Waals surface area (Å²) in [5.74, 6) is 0.865. The lowest BCUT2D eigenvalue weighted by Gasteiger charge is -2.08. The van der Waals surface area contributed by atoms with Crippen LogP contribution < -0.4 is 0 Å². The fraction of sp³-hybridized carbons (Fsp3) is 0.294. The maximum absolute atomic E-state index is 9.15. The van der Waals surface area contributed by atoms with Crippen molar-refractivity contribution in [2.45, 2.75) is 26.8 Å². The number of nitrogens with zero attached hydrogens (tertiary/aromatic N) is 3. The molecule has 4 heteroatoms. The number of rotatable bonds is 4. The molecule has 0 spiro atoms. The van der Waals surface area contributed by atoms with Crippen molar-refractivity contribution in [3.8, 4) is 11.5 Å². The summed E-state index contributed by atoms with van der Waals surface area (Å²) in [6, 6.07) is 10.1. The van der Waals surface area contributed by atoms with Crippen molar-refractivity contribution in [1.82, 2.24) is 14.5 Å². The highest BCUT2D eigenvalue weighted by Gasteiger charge is 2.14. The molecular formula is C17H19N3O. The smallest absolute Gasteiger partial charge is 0.159 e. The second-order valence-electron chi connectivity index (χ2n) is 5.30. The fourth-order valence-electron chi connectivity index (χ4n) is 2.53. The van der Waals surface area contributed by atoms with E-state index in [1.807, 2.05) is 18.2 Å². The Bertz CT molecular complexity index is 763. The molecule has 0 amide bonds. The Morgan fingerprint density at radius 1 is 1.14 bits per heavy atom. The number of pyridine rings is 1. The van der Waals surface area contributed by atoms with Crippen LogP contribution in [-0.4, -0.2) is 26.2 Å². The molecule has 2 heterocycles. The highest BCUT2D eigenvalue weighted by Crippen LogP contribution is 2.26. The van der Waals surface area contributed by atoms with Crippen molar-refractivity contribution in [1.29, 1.82) is 0 Å². The molecule has 21 heavy (non-hydrogen) atoms. The van der Waals surface area contributed by atoms with Crippen LogP contribution in [0.15, 0.2) is 36.5 Å². The number of benzene rings is 1. The molecule has 3 rings (SSSR count). The molecule has 0 bridgehead atoms. The summed E-state index contributed by atoms with van der Waals surface area (Å²) < 4.78 is 2.15. The second-order valence-corrected chi connectivity index (χ2v) is 5.30. The van der Waals surface area contributed by atoms with Crippen LogP contribution in [0.5, 0.6) is 0 Å². The molecule has 2 aromatic heterocycles. The van der Waals surface area contributed by atoms with Crippen LogP contribution in [0.3, 0.4) is 0 Å². The van der Waals surface area contributed by atoms with Gasteiger partial charge in [-0.15, -0.1) is 0 Å². The normalized spacial score (nSPS) is 11.2. The monoisotopic (exact) mass is 281 g/mol. The van der Waals surface area contributed by atoms with Gasteiger partial charge in [-0.05, 0) is 55.7 Å². The average Bonchev–Trinajstić information content (AvgIpc) is 2.84. The largest absolute Gasteiger partial charge is 0.396 e. The predicted octanol–water partition coefficient (Wildman–Crippen LogP) is 3.10. The van der Waals surface area contributed by atoms with Crippen molar-refractivity contribution in [2.75, 3.05) is 6.61 Å². The summed E-state index contributed by atoms with van der Waals surface area (Å²) in [5, 5.41) is 9.15. The number of hydrogen-bond donors (Lipinski definition) is 1. The number of aliphatic hydroxyl groups is 1. The summed E-state index contributed by atoms with van der Waals surface area (Å²) in [6.45, 7) is 5.12. The van der Waals surface area contributed by atoms with E-state index in [-0.39, 0.29) is 6.61 Å². The maximum Gasteiger partial charge on any atom is 0.159 e. The van der Waals surface area contributed by atoms with Gasteiger partial charge in [0.15, 0.2) is 5.82 Å². The number of imidazole rings is 1. The molecule has 0 atom stereocenters. The third-order valence-electron chi connectivity index (χ3n) is 3.80. The Balaban J connectivity index is 2.22. The van der Waals surface area contributed by atoms with Gasteiger partial charge in [0.2, 0.25) is 0 Å². The molecule has 1 aromatic carbocycles. The standard InChI is InChI=1S/C17H19N3O/c1-12-10-15-16(11-13(12)2)20(8-5-9-21)17(19-15)14-6-3-4-7-18-14/h3-4,6-7,10-11,21H,5,8-9H2,1-2H3. The Morgan fingerprint density at radius 3 is 2.67 bits per heavy atom. The minimum atomic E-state index is 0.173. The van der Waals surface area contributed by atoms with Crippen molar-refractivity contribution in [3.05, 3.63) is 47.7 Å². The van der Waals surface area contributed by atoms with Gasteiger partial charge in [-0.25, -0.2) is 4.98 Å². The Kier molecular flexibility index (Phi) is 3.71. The zero-order valence-electron chi connectivity index (χ0n) is 12.4. The number of fused-ring (bicyclic) bond motifs is 1. The average molecular weight is 281 g/mol. The summed E-state index contributed by atoms with van der Waals surface area (Å²) >= 11 is 0. The number of aryl methyl sites for hydroxylation is 3. The molecule has 0 unspecified atom stereocenters. The van der Waals surface area contributed by atoms with Crippen LogP contribution in [0, 0.1) is 13.8 Å². The van der Waals surface area contributed by atoms with Crippen LogP contribution in [0.4, 0.5) is 0 Å². The summed E-state index contributed by atoms with van der Waals surface area (Å²) in [5.41, 5.74) is 5.44. The molecule has 0 aliphatic carbocycles. The molecular weight excluding hydrogens is 262 g/mol. The van der Waals surface area contributed by atoms with E-state index in [0.29, 0.717) is 6.42 Å². The zero-order chi connectivity index (χ0) is 14.8. The minimum Gasteiger partial charge on any atom is -0.396 e. The Labute approximate surface area is 124 Å². The molecule has 108 valence electrons. The Morgan fingerprint density at radius 2 is 1.95 bits per heavy atom. The van der Waals surface area contributed by atoms with Gasteiger partial charge in [-0.3, -0.25) is 4.98 Å². The van der Waals surface area contributed by atoms with Crippen LogP contribution in [0.25, 0.3) is 22.6 Å². The van der Waals surface area contributed by atoms with Crippen LogP contribution >= 0.6 is 0 Å². The molecule has 0 saturated carbocycles. The zero-order valence-corrected chi connectivity index (χ0v) is 12.4. The van der Waals surface area contributed by atoms with E-state index in [4.69, 9.17) is 10.1 Å². The lowest BCUT2D eigenvalue weighted by atomic mass is 10.1. The van der Waals surface area contributed by atoms with Crippen molar-refractivity contribution < 1.29 is 5.11 Å². The molecule has 0 saturated heterocycles. The lowest BCUT2D eigenvalue weighted by molar-refractivity contribution is 0.281. The first-order valence-corrected chi connectivity index (χ1v) is 7.20. The van der Waals surface area contributed by atoms with Gasteiger partial charge >= 0.3 is 0 Å². The highest BCUT2D eigenvalue weighted by atomic mass is 16.3. The van der Waals surface area contributed by atoms with E-state index in [0.717, 1.165) is 29.1 Å². The van der Waals surface area contributed by atoms with Gasteiger partial charge in [-0.2, -0.15) is 0 Å². The molecule has 1 N–H and O–H groups in total. The summed E-state index contributed by atoms with van der Waals surface area (Å²) in [4.78, 5) is 9.17. The topological polar surface area (TPSA) is 50.9 Å². The van der Waals surface area contributed by atoms with Crippen LogP contribution in [0.2, 0.25) is 0 Å². The first-order valence-electron chi connectivity index (χ1n) is 7.20. The molecule has 0 aliphatic heterocycles. The second kappa shape index (κ2) is 5.66. The van der Waals surface area contributed by atoms with Crippen molar-refractivity contribution >= 4 is 11.0 Å². The van der Waals surface area contributed by atoms with E-state index in [1.165, 1.54) is 11.1 Å². The Hall–Kier alpha value is -2.20. The molecule has 0 fully saturated rings. The molecule has 3 aromatic rings. The van der Waals surface area contributed by atoms with Gasteiger partial charge in [0.25, 0.3) is 0 Å². The highest BCUT2D eigenvalue weighted by molar-refractivity contribution is 5.81. The van der Waals surface area contributed by atoms with Crippen molar-refractivity contribution in [2.24, 2.45) is 0 Å². The lowest BCUT2D eigenvalue weighted by Crippen LogP contribution is -2.03. The van der Waals surface area contributed by atoms with E-state index >= 15 is 0 Å². The van der Waals surface area contributed by atoms with Gasteiger partial charge in [0.05, 0.1) is 11.0 Å². The van der Waals surface area contributed by atoms with E-state index < -0.39 is 0 Å². The third kappa shape index (κ3) is 2.54. The first kappa shape index (κ1) is 13.8. The van der Waals surface area contributed by atoms with Gasteiger partial charge in [0.1, 0.15) is 5.69 Å². The minimum absolute atomic E-state index is 0.173. The molecule has 0 radical (unpaired) electrons. The van der Waals surface area contributed by atoms with E-state index in [2.05, 4.69) is 35.5 Å². The number of aromatic nitrogens is 3. The van der Waals surface area contributed by atoms with E-state index in [9.17, 15) is 0 Å². The van der Waals surface area contributed by atoms with Crippen molar-refractivity contribution in [3.63, 3.8) is 0 Å². The van der Waals surface area contributed by atoms with Crippen LogP contribution in [0.1, 0.15) is 17.5 Å². The predicted molar refractivity (Wildman–Crippen MR) is 84.1 cm³/mol.